The molecule has 0 saturated carbocycles. The number of aliphatic hydroxyl groups excluding tert-OH is 1. The quantitative estimate of drug-likeness (QED) is 0.613. The average molecular weight is 416 g/mol. The zero-order chi connectivity index (χ0) is 20.0. The Hall–Kier alpha value is -2.52. The zero-order valence-corrected chi connectivity index (χ0v) is 16.0. The van der Waals surface area contributed by atoms with Gasteiger partial charge in [-0.05, 0) is 6.07 Å². The van der Waals surface area contributed by atoms with Crippen molar-refractivity contribution in [2.24, 2.45) is 0 Å². The number of aromatic nitrogens is 3. The van der Waals surface area contributed by atoms with Crippen LogP contribution in [0.25, 0.3) is 11.2 Å². The number of rotatable bonds is 5. The number of halogens is 1. The van der Waals surface area contributed by atoms with Gasteiger partial charge in [0.15, 0.2) is 17.5 Å². The fourth-order valence-electron chi connectivity index (χ4n) is 3.68. The summed E-state index contributed by atoms with van der Waals surface area (Å²) in [5, 5.41) is 10.2. The Kier molecular flexibility index (Phi) is 4.71. The van der Waals surface area contributed by atoms with E-state index in [0.29, 0.717) is 34.1 Å². The van der Waals surface area contributed by atoms with Crippen molar-refractivity contribution in [3.63, 3.8) is 0 Å². The number of nitrogens with zero attached hydrogens (tertiary/aromatic N) is 2. The molecule has 1 aromatic carbocycles. The molecule has 0 aliphatic carbocycles. The molecule has 0 spiro atoms. The molecule has 9 heteroatoms. The van der Waals surface area contributed by atoms with Crippen molar-refractivity contribution < 1.29 is 24.1 Å². The topological polar surface area (TPSA) is 107 Å². The number of carbonyl (C=O) groups is 1. The minimum absolute atomic E-state index is 0.0718. The molecule has 2 N–H and O–H groups in total. The third kappa shape index (κ3) is 3.49. The van der Waals surface area contributed by atoms with Crippen molar-refractivity contribution in [1.82, 2.24) is 15.0 Å². The molecule has 3 aromatic rings. The lowest BCUT2D eigenvalue weighted by atomic mass is 10.1. The molecule has 8 nitrogen and oxygen atoms in total. The first-order valence-electron chi connectivity index (χ1n) is 9.30. The minimum atomic E-state index is -0.644. The van der Waals surface area contributed by atoms with Crippen molar-refractivity contribution in [3.05, 3.63) is 52.7 Å². The van der Waals surface area contributed by atoms with Gasteiger partial charge < -0.3 is 24.3 Å². The Morgan fingerprint density at radius 1 is 1.21 bits per heavy atom. The number of aromatic amines is 1. The SMILES string of the molecule is O=C(Cc1nc2nc(O[C@@H]3CO[C@H]4[C@@H]3OC[C@H]4O)[nH]c2cc1Cl)c1ccccc1. The summed E-state index contributed by atoms with van der Waals surface area (Å²) in [5.41, 5.74) is 2.07. The number of ketones is 1. The summed E-state index contributed by atoms with van der Waals surface area (Å²) in [4.78, 5) is 24.3. The van der Waals surface area contributed by atoms with Crippen molar-refractivity contribution in [1.29, 1.82) is 0 Å². The molecular weight excluding hydrogens is 398 g/mol. The normalized spacial score (nSPS) is 26.0. The second-order valence-corrected chi connectivity index (χ2v) is 7.52. The number of hydrogen-bond donors (Lipinski definition) is 2. The molecule has 2 aliphatic heterocycles. The summed E-state index contributed by atoms with van der Waals surface area (Å²) in [6, 6.07) is 10.9. The van der Waals surface area contributed by atoms with Crippen LogP contribution in [-0.2, 0) is 15.9 Å². The van der Waals surface area contributed by atoms with Crippen LogP contribution in [0.4, 0.5) is 0 Å². The third-order valence-electron chi connectivity index (χ3n) is 5.15. The number of benzene rings is 1. The number of fused-ring (bicyclic) bond motifs is 2. The van der Waals surface area contributed by atoms with E-state index >= 15 is 0 Å². The number of Topliss-reactive ketones (excluding diaryl/α,β-unsaturated/α-hetero) is 1. The fourth-order valence-corrected chi connectivity index (χ4v) is 3.90. The second kappa shape index (κ2) is 7.38. The molecule has 4 heterocycles. The van der Waals surface area contributed by atoms with E-state index in [0.717, 1.165) is 0 Å². The monoisotopic (exact) mass is 415 g/mol. The van der Waals surface area contributed by atoms with Gasteiger partial charge in [0.05, 0.1) is 35.9 Å². The van der Waals surface area contributed by atoms with Crippen LogP contribution in [0.1, 0.15) is 16.1 Å². The van der Waals surface area contributed by atoms with Crippen LogP contribution < -0.4 is 4.74 Å². The van der Waals surface area contributed by atoms with Gasteiger partial charge in [-0.15, -0.1) is 0 Å². The van der Waals surface area contributed by atoms with Crippen LogP contribution in [0.15, 0.2) is 36.4 Å². The summed E-state index contributed by atoms with van der Waals surface area (Å²) in [6.45, 7) is 0.528. The number of hydrogen-bond acceptors (Lipinski definition) is 7. The maximum Gasteiger partial charge on any atom is 0.296 e. The first-order chi connectivity index (χ1) is 14.1. The molecule has 150 valence electrons. The number of H-pyrrole nitrogens is 1. The van der Waals surface area contributed by atoms with E-state index in [2.05, 4.69) is 15.0 Å². The second-order valence-electron chi connectivity index (χ2n) is 7.12. The minimum Gasteiger partial charge on any atom is -0.456 e. The van der Waals surface area contributed by atoms with E-state index in [1.165, 1.54) is 0 Å². The highest BCUT2D eigenvalue weighted by Crippen LogP contribution is 2.30. The van der Waals surface area contributed by atoms with E-state index in [1.807, 2.05) is 18.2 Å². The van der Waals surface area contributed by atoms with E-state index in [9.17, 15) is 9.90 Å². The molecule has 0 bridgehead atoms. The van der Waals surface area contributed by atoms with Gasteiger partial charge >= 0.3 is 0 Å². The van der Waals surface area contributed by atoms with Gasteiger partial charge in [-0.25, -0.2) is 4.98 Å². The summed E-state index contributed by atoms with van der Waals surface area (Å²) < 4.78 is 17.0. The zero-order valence-electron chi connectivity index (χ0n) is 15.2. The maximum absolute atomic E-state index is 12.5. The van der Waals surface area contributed by atoms with Gasteiger partial charge in [-0.2, -0.15) is 4.98 Å². The average Bonchev–Trinajstić information content (AvgIpc) is 3.40. The number of aliphatic hydroxyl groups is 1. The lowest BCUT2D eigenvalue weighted by Gasteiger charge is -2.15. The van der Waals surface area contributed by atoms with E-state index < -0.39 is 6.10 Å². The van der Waals surface area contributed by atoms with Gasteiger partial charge in [0.2, 0.25) is 0 Å². The lowest BCUT2D eigenvalue weighted by molar-refractivity contribution is 0.00706. The number of carbonyl (C=O) groups excluding carboxylic acids is 1. The van der Waals surface area contributed by atoms with Crippen molar-refractivity contribution in [2.45, 2.75) is 30.8 Å². The molecular formula is C20H18ClN3O5. The molecule has 2 aromatic heterocycles. The van der Waals surface area contributed by atoms with Crippen molar-refractivity contribution in [3.8, 4) is 6.01 Å². The van der Waals surface area contributed by atoms with E-state index in [4.69, 9.17) is 25.8 Å². The highest BCUT2D eigenvalue weighted by molar-refractivity contribution is 6.32. The van der Waals surface area contributed by atoms with Crippen LogP contribution in [-0.4, -0.2) is 63.5 Å². The summed E-state index contributed by atoms with van der Waals surface area (Å²) >= 11 is 6.33. The summed E-state index contributed by atoms with van der Waals surface area (Å²) in [6.07, 6.45) is -1.67. The highest BCUT2D eigenvalue weighted by atomic mass is 35.5. The van der Waals surface area contributed by atoms with Gasteiger partial charge in [0, 0.05) is 5.56 Å². The lowest BCUT2D eigenvalue weighted by Crippen LogP contribution is -2.34. The third-order valence-corrected chi connectivity index (χ3v) is 5.47. The van der Waals surface area contributed by atoms with E-state index in [-0.39, 0.29) is 43.1 Å². The number of ether oxygens (including phenoxy) is 3. The molecule has 2 saturated heterocycles. The van der Waals surface area contributed by atoms with Gasteiger partial charge in [0.1, 0.15) is 18.3 Å². The molecule has 0 radical (unpaired) electrons. The Labute approximate surface area is 170 Å². The first-order valence-corrected chi connectivity index (χ1v) is 9.67. The molecule has 2 aliphatic rings. The summed E-state index contributed by atoms with van der Waals surface area (Å²) in [5.74, 6) is -0.0718. The molecule has 4 atom stereocenters. The van der Waals surface area contributed by atoms with Gasteiger partial charge in [-0.3, -0.25) is 4.79 Å². The van der Waals surface area contributed by atoms with Crippen molar-refractivity contribution >= 4 is 28.5 Å². The predicted molar refractivity (Wildman–Crippen MR) is 103 cm³/mol. The molecule has 0 amide bonds. The van der Waals surface area contributed by atoms with Crippen LogP contribution >= 0.6 is 11.6 Å². The number of nitrogens with one attached hydrogen (secondary N) is 1. The smallest absolute Gasteiger partial charge is 0.296 e. The first kappa shape index (κ1) is 18.5. The van der Waals surface area contributed by atoms with Gasteiger partial charge in [-0.1, -0.05) is 41.9 Å². The fraction of sp³-hybridized carbons (Fsp3) is 0.350. The van der Waals surface area contributed by atoms with E-state index in [1.54, 1.807) is 18.2 Å². The molecule has 0 unspecified atom stereocenters. The molecule has 29 heavy (non-hydrogen) atoms. The van der Waals surface area contributed by atoms with Crippen LogP contribution in [0.5, 0.6) is 6.01 Å². The molecule has 5 rings (SSSR count). The Bertz CT molecular complexity index is 1060. The van der Waals surface area contributed by atoms with Crippen LogP contribution in [0.2, 0.25) is 5.02 Å². The summed E-state index contributed by atoms with van der Waals surface area (Å²) in [7, 11) is 0. The van der Waals surface area contributed by atoms with Crippen LogP contribution in [0, 0.1) is 0 Å². The Morgan fingerprint density at radius 2 is 2.00 bits per heavy atom. The Balaban J connectivity index is 1.35. The number of pyridine rings is 1. The maximum atomic E-state index is 12.5. The highest BCUT2D eigenvalue weighted by Gasteiger charge is 2.48. The standard InChI is InChI=1S/C20H18ClN3O5/c21-11-6-13-19(22-12(11)7-14(25)10-4-2-1-3-5-10)24-20(23-13)29-16-9-28-17-15(26)8-27-18(16)17/h1-6,15-18,26H,7-9H2,(H,22,23,24)/t15-,16-,17-,18-/m1/s1. The number of imidazole rings is 1. The Morgan fingerprint density at radius 3 is 2.83 bits per heavy atom. The van der Waals surface area contributed by atoms with Crippen LogP contribution in [0.3, 0.4) is 0 Å². The molecule has 2 fully saturated rings. The van der Waals surface area contributed by atoms with Gasteiger partial charge in [0.25, 0.3) is 6.01 Å². The predicted octanol–water partition coefficient (Wildman–Crippen LogP) is 1.94. The largest absolute Gasteiger partial charge is 0.456 e. The van der Waals surface area contributed by atoms with Crippen molar-refractivity contribution in [2.75, 3.05) is 13.2 Å².